The molecule has 1 heterocycles. The fraction of sp³-hybridized carbons (Fsp3) is 0.412. The second-order valence-electron chi connectivity index (χ2n) is 5.26. The van der Waals surface area contributed by atoms with Crippen molar-refractivity contribution < 1.29 is 0 Å². The number of hydrogen-bond acceptors (Lipinski definition) is 6. The predicted octanol–water partition coefficient (Wildman–Crippen LogP) is 5.60. The number of halogens is 2. The average molecular weight is 406 g/mol. The lowest BCUT2D eigenvalue weighted by atomic mass is 10.2. The number of nitrogens with zero attached hydrogens (tertiary/aromatic N) is 2. The molecule has 0 atom stereocenters. The summed E-state index contributed by atoms with van der Waals surface area (Å²) in [4.78, 5) is 7.47. The van der Waals surface area contributed by atoms with Crippen LogP contribution in [0.15, 0.2) is 29.4 Å². The van der Waals surface area contributed by atoms with E-state index in [1.807, 2.05) is 45.0 Å². The topological polar surface area (TPSA) is 104 Å². The van der Waals surface area contributed by atoms with Crippen molar-refractivity contribution in [1.29, 1.82) is 0 Å². The van der Waals surface area contributed by atoms with Gasteiger partial charge in [0.2, 0.25) is 5.16 Å². The van der Waals surface area contributed by atoms with Gasteiger partial charge in [0.25, 0.3) is 0 Å². The third-order valence-electron chi connectivity index (χ3n) is 2.01. The quantitative estimate of drug-likeness (QED) is 0.247. The molecule has 0 aliphatic rings. The van der Waals surface area contributed by atoms with Crippen LogP contribution in [-0.4, -0.2) is 9.97 Å². The molecule has 1 aromatic heterocycles. The zero-order valence-electron chi connectivity index (χ0n) is 15.7. The van der Waals surface area contributed by atoms with Gasteiger partial charge in [0.15, 0.2) is 10.3 Å². The Hall–Kier alpha value is -1.21. The lowest BCUT2D eigenvalue weighted by Crippen LogP contribution is -1.97. The molecular weight excluding hydrogens is 377 g/mol. The highest BCUT2D eigenvalue weighted by Crippen LogP contribution is 2.24. The molecule has 0 aliphatic carbocycles. The summed E-state index contributed by atoms with van der Waals surface area (Å²) in [6, 6.07) is 7.79. The summed E-state index contributed by atoms with van der Waals surface area (Å²) in [5.74, 6) is 0.833. The minimum absolute atomic E-state index is 0.123. The van der Waals surface area contributed by atoms with Gasteiger partial charge in [-0.25, -0.2) is 9.97 Å². The van der Waals surface area contributed by atoms with Crippen molar-refractivity contribution >= 4 is 46.5 Å². The van der Waals surface area contributed by atoms with E-state index in [4.69, 9.17) is 39.8 Å². The van der Waals surface area contributed by atoms with Crippen LogP contribution < -0.4 is 16.6 Å². The van der Waals surface area contributed by atoms with Gasteiger partial charge in [-0.1, -0.05) is 75.5 Å². The number of nitrogens with two attached hydrogens (primary N) is 3. The first kappa shape index (κ1) is 26.0. The summed E-state index contributed by atoms with van der Waals surface area (Å²) in [6.45, 7) is 12.5. The second-order valence-corrected chi connectivity index (χ2v) is 6.58. The van der Waals surface area contributed by atoms with Crippen LogP contribution in [0.3, 0.4) is 0 Å². The SMILES string of the molecule is CC.CC(C)C.Cc1ccc(N)cc1.NSc1nc(Cl)c(N)c(Cl)n1. The van der Waals surface area contributed by atoms with Crippen molar-refractivity contribution in [1.82, 2.24) is 9.97 Å². The van der Waals surface area contributed by atoms with E-state index >= 15 is 0 Å². The smallest absolute Gasteiger partial charge is 0.205 e. The summed E-state index contributed by atoms with van der Waals surface area (Å²) in [5, 5.41) is 5.72. The van der Waals surface area contributed by atoms with E-state index in [0.717, 1.165) is 23.6 Å². The van der Waals surface area contributed by atoms with E-state index in [1.54, 1.807) is 0 Å². The van der Waals surface area contributed by atoms with E-state index in [-0.39, 0.29) is 16.0 Å². The van der Waals surface area contributed by atoms with Gasteiger partial charge in [-0.2, -0.15) is 0 Å². The standard InChI is InChI=1S/C7H9N.C4H4Cl2N4S.C4H10.C2H6/c1-6-2-4-7(8)5-3-6;5-2-1(7)3(6)10-4(9-2)11-8;1-4(2)3;1-2/h2-5H,8H2,1H3;7-8H2;4H,1-3H3;1-2H3. The zero-order valence-corrected chi connectivity index (χ0v) is 18.0. The Morgan fingerprint density at radius 3 is 1.56 bits per heavy atom. The van der Waals surface area contributed by atoms with Crippen molar-refractivity contribution in [2.24, 2.45) is 11.1 Å². The number of aryl methyl sites for hydroxylation is 1. The van der Waals surface area contributed by atoms with Crippen LogP contribution in [0.1, 0.15) is 40.2 Å². The minimum atomic E-state index is 0.123. The molecule has 0 unspecified atom stereocenters. The van der Waals surface area contributed by atoms with Crippen molar-refractivity contribution in [2.75, 3.05) is 11.5 Å². The Kier molecular flexibility index (Phi) is 15.7. The maximum atomic E-state index is 5.57. The molecule has 1 aromatic carbocycles. The van der Waals surface area contributed by atoms with E-state index in [2.05, 4.69) is 30.7 Å². The molecule has 2 rings (SSSR count). The Balaban J connectivity index is 0. The highest BCUT2D eigenvalue weighted by molar-refractivity contribution is 7.96. The lowest BCUT2D eigenvalue weighted by molar-refractivity contribution is 0.737. The molecule has 6 N–H and O–H groups in total. The molecule has 0 bridgehead atoms. The number of anilines is 2. The van der Waals surface area contributed by atoms with E-state index in [0.29, 0.717) is 5.16 Å². The highest BCUT2D eigenvalue weighted by Gasteiger charge is 2.06. The van der Waals surface area contributed by atoms with Crippen molar-refractivity contribution in [2.45, 2.75) is 46.7 Å². The Morgan fingerprint density at radius 2 is 1.28 bits per heavy atom. The van der Waals surface area contributed by atoms with Gasteiger partial charge in [0.05, 0.1) is 0 Å². The number of benzene rings is 1. The molecule has 5 nitrogen and oxygen atoms in total. The second kappa shape index (κ2) is 15.1. The summed E-state index contributed by atoms with van der Waals surface area (Å²) in [6.07, 6.45) is 0. The number of aromatic nitrogens is 2. The summed E-state index contributed by atoms with van der Waals surface area (Å²) in [5.41, 5.74) is 13.0. The fourth-order valence-electron chi connectivity index (χ4n) is 1.02. The summed E-state index contributed by atoms with van der Waals surface area (Å²) in [7, 11) is 0. The molecule has 0 spiro atoms. The van der Waals surface area contributed by atoms with Crippen LogP contribution in [0.4, 0.5) is 11.4 Å². The largest absolute Gasteiger partial charge is 0.399 e. The zero-order chi connectivity index (χ0) is 20.0. The lowest BCUT2D eigenvalue weighted by Gasteiger charge is -2.00. The predicted molar refractivity (Wildman–Crippen MR) is 114 cm³/mol. The van der Waals surface area contributed by atoms with Crippen LogP contribution in [0.5, 0.6) is 0 Å². The third kappa shape index (κ3) is 13.7. The Morgan fingerprint density at radius 1 is 0.920 bits per heavy atom. The molecular formula is C17H29Cl2N5S. The molecule has 8 heteroatoms. The van der Waals surface area contributed by atoms with Crippen molar-refractivity contribution in [3.63, 3.8) is 0 Å². The maximum absolute atomic E-state index is 5.57. The molecule has 0 fully saturated rings. The molecule has 0 radical (unpaired) electrons. The first-order valence-corrected chi connectivity index (χ1v) is 9.48. The number of rotatable bonds is 1. The Bertz CT molecular complexity index is 545. The molecule has 25 heavy (non-hydrogen) atoms. The first-order valence-electron chi connectivity index (χ1n) is 7.84. The van der Waals surface area contributed by atoms with Crippen molar-refractivity contribution in [3.8, 4) is 0 Å². The van der Waals surface area contributed by atoms with Gasteiger partial charge >= 0.3 is 0 Å². The highest BCUT2D eigenvalue weighted by atomic mass is 35.5. The summed E-state index contributed by atoms with van der Waals surface area (Å²) < 4.78 is 0. The van der Waals surface area contributed by atoms with Gasteiger partial charge in [0, 0.05) is 5.69 Å². The van der Waals surface area contributed by atoms with Crippen LogP contribution in [0.25, 0.3) is 0 Å². The van der Waals surface area contributed by atoms with E-state index in [1.165, 1.54) is 5.56 Å². The molecule has 0 saturated carbocycles. The molecule has 142 valence electrons. The number of hydrogen-bond donors (Lipinski definition) is 3. The molecule has 2 aromatic rings. The maximum Gasteiger partial charge on any atom is 0.205 e. The van der Waals surface area contributed by atoms with Crippen LogP contribution in [-0.2, 0) is 0 Å². The van der Waals surface area contributed by atoms with Crippen molar-refractivity contribution in [3.05, 3.63) is 40.1 Å². The average Bonchev–Trinajstić information content (AvgIpc) is 2.57. The van der Waals surface area contributed by atoms with Crippen LogP contribution >= 0.6 is 35.1 Å². The van der Waals surface area contributed by atoms with E-state index < -0.39 is 0 Å². The molecule has 0 aliphatic heterocycles. The molecule has 0 amide bonds. The fourth-order valence-corrected chi connectivity index (χ4v) is 1.79. The van der Waals surface area contributed by atoms with Gasteiger partial charge < -0.3 is 11.5 Å². The van der Waals surface area contributed by atoms with Crippen LogP contribution in [0, 0.1) is 12.8 Å². The van der Waals surface area contributed by atoms with Gasteiger partial charge in [-0.05, 0) is 36.9 Å². The first-order chi connectivity index (χ1) is 11.7. The van der Waals surface area contributed by atoms with Gasteiger partial charge in [-0.15, -0.1) is 0 Å². The van der Waals surface area contributed by atoms with Crippen LogP contribution in [0.2, 0.25) is 10.3 Å². The summed E-state index contributed by atoms with van der Waals surface area (Å²) >= 11 is 12.0. The normalized spacial score (nSPS) is 9.04. The third-order valence-corrected chi connectivity index (χ3v) is 2.98. The van der Waals surface area contributed by atoms with Gasteiger partial charge in [0.1, 0.15) is 5.69 Å². The number of nitrogen functional groups attached to an aromatic ring is 2. The van der Waals surface area contributed by atoms with E-state index in [9.17, 15) is 0 Å². The minimum Gasteiger partial charge on any atom is -0.399 e. The Labute approximate surface area is 165 Å². The van der Waals surface area contributed by atoms with Gasteiger partial charge in [-0.3, -0.25) is 5.14 Å². The molecule has 0 saturated heterocycles. The monoisotopic (exact) mass is 405 g/mol.